The van der Waals surface area contributed by atoms with Crippen LogP contribution in [0.15, 0.2) is 60.2 Å². The molecule has 2 heterocycles. The Morgan fingerprint density at radius 3 is 2.37 bits per heavy atom. The van der Waals surface area contributed by atoms with Crippen molar-refractivity contribution in [3.63, 3.8) is 0 Å². The van der Waals surface area contributed by atoms with Gasteiger partial charge in [-0.15, -0.1) is 0 Å². The van der Waals surface area contributed by atoms with Crippen molar-refractivity contribution in [3.05, 3.63) is 88.0 Å². The standard InChI is InChI=1S/C30H29N3O4S/c1-16-7-12-22-23(15-16)38-30(31-22)33-25(19-8-10-20(11-9-19)32(4)5)24(27(35)29(33)36)26(34)21-14-17(2)13-18(3)28(21)37-6/h7-15,25,34H,1-6H3/b26-24+. The highest BCUT2D eigenvalue weighted by Gasteiger charge is 2.48. The molecule has 1 aliphatic rings. The molecule has 38 heavy (non-hydrogen) atoms. The van der Waals surface area contributed by atoms with Crippen LogP contribution in [0, 0.1) is 20.8 Å². The highest BCUT2D eigenvalue weighted by atomic mass is 32.1. The predicted octanol–water partition coefficient (Wildman–Crippen LogP) is 5.92. The van der Waals surface area contributed by atoms with E-state index in [1.807, 2.05) is 88.3 Å². The highest BCUT2D eigenvalue weighted by Crippen LogP contribution is 2.45. The molecule has 1 atom stereocenters. The molecule has 0 radical (unpaired) electrons. The van der Waals surface area contributed by atoms with Crippen molar-refractivity contribution in [1.29, 1.82) is 0 Å². The van der Waals surface area contributed by atoms with E-state index in [0.29, 0.717) is 22.0 Å². The van der Waals surface area contributed by atoms with Crippen LogP contribution in [0.2, 0.25) is 0 Å². The molecular formula is C30H29N3O4S. The molecule has 5 rings (SSSR count). The van der Waals surface area contributed by atoms with Gasteiger partial charge in [-0.3, -0.25) is 14.5 Å². The average Bonchev–Trinajstić information content (AvgIpc) is 3.40. The number of ketones is 1. The number of carbonyl (C=O) groups is 2. The maximum atomic E-state index is 13.6. The van der Waals surface area contributed by atoms with Crippen LogP contribution in [0.4, 0.5) is 10.8 Å². The number of ether oxygens (including phenoxy) is 1. The maximum Gasteiger partial charge on any atom is 0.301 e. The number of carbonyl (C=O) groups excluding carboxylic acids is 2. The van der Waals surface area contributed by atoms with Gasteiger partial charge in [-0.1, -0.05) is 35.6 Å². The van der Waals surface area contributed by atoms with Crippen LogP contribution in [0.1, 0.15) is 33.9 Å². The van der Waals surface area contributed by atoms with Gasteiger partial charge in [-0.2, -0.15) is 0 Å². The van der Waals surface area contributed by atoms with Gasteiger partial charge in [0.1, 0.15) is 11.5 Å². The third-order valence-corrected chi connectivity index (χ3v) is 7.80. The molecule has 0 aliphatic carbocycles. The number of fused-ring (bicyclic) bond motifs is 1. The van der Waals surface area contributed by atoms with E-state index in [-0.39, 0.29) is 11.3 Å². The van der Waals surface area contributed by atoms with E-state index in [4.69, 9.17) is 9.72 Å². The zero-order chi connectivity index (χ0) is 27.3. The Kier molecular flexibility index (Phi) is 6.44. The Morgan fingerprint density at radius 2 is 1.71 bits per heavy atom. The summed E-state index contributed by atoms with van der Waals surface area (Å²) in [6.45, 7) is 5.78. The van der Waals surface area contributed by atoms with Crippen LogP contribution in [0.25, 0.3) is 16.0 Å². The Morgan fingerprint density at radius 1 is 1.00 bits per heavy atom. The number of aromatic nitrogens is 1. The monoisotopic (exact) mass is 527 g/mol. The van der Waals surface area contributed by atoms with Crippen molar-refractivity contribution in [2.24, 2.45) is 0 Å². The van der Waals surface area contributed by atoms with Gasteiger partial charge >= 0.3 is 5.91 Å². The fourth-order valence-electron chi connectivity index (χ4n) is 4.97. The summed E-state index contributed by atoms with van der Waals surface area (Å²) in [5.41, 5.74) is 5.57. The third kappa shape index (κ3) is 4.20. The summed E-state index contributed by atoms with van der Waals surface area (Å²) < 4.78 is 6.52. The molecule has 1 saturated heterocycles. The predicted molar refractivity (Wildman–Crippen MR) is 152 cm³/mol. The summed E-state index contributed by atoms with van der Waals surface area (Å²) >= 11 is 1.35. The molecule has 7 nitrogen and oxygen atoms in total. The van der Waals surface area contributed by atoms with E-state index in [0.717, 1.165) is 32.6 Å². The summed E-state index contributed by atoms with van der Waals surface area (Å²) in [7, 11) is 5.40. The van der Waals surface area contributed by atoms with Gasteiger partial charge in [0.2, 0.25) is 0 Å². The summed E-state index contributed by atoms with van der Waals surface area (Å²) in [6.07, 6.45) is 0. The summed E-state index contributed by atoms with van der Waals surface area (Å²) in [4.78, 5) is 35.3. The molecule has 1 fully saturated rings. The SMILES string of the molecule is COc1c(C)cc(C)cc1/C(O)=C1\C(=O)C(=O)N(c2nc3ccc(C)cc3s2)C1c1ccc(N(C)C)cc1. The molecule has 4 aromatic rings. The first kappa shape index (κ1) is 25.5. The Balaban J connectivity index is 1.76. The van der Waals surface area contributed by atoms with Gasteiger partial charge in [-0.05, 0) is 73.4 Å². The van der Waals surface area contributed by atoms with Gasteiger partial charge in [0.25, 0.3) is 5.78 Å². The fourth-order valence-corrected chi connectivity index (χ4v) is 6.06. The number of Topliss-reactive ketones (excluding diaryl/α,β-unsaturated/α-hetero) is 1. The lowest BCUT2D eigenvalue weighted by molar-refractivity contribution is -0.132. The number of hydrogen-bond donors (Lipinski definition) is 1. The number of nitrogens with zero attached hydrogens (tertiary/aromatic N) is 3. The molecule has 0 saturated carbocycles. The van der Waals surface area contributed by atoms with Gasteiger partial charge < -0.3 is 14.7 Å². The van der Waals surface area contributed by atoms with Crippen molar-refractivity contribution >= 4 is 49.8 Å². The Bertz CT molecular complexity index is 1620. The van der Waals surface area contributed by atoms with E-state index in [1.165, 1.54) is 23.3 Å². The number of aliphatic hydroxyl groups excluding tert-OH is 1. The number of aliphatic hydroxyl groups is 1. The van der Waals surface area contributed by atoms with E-state index >= 15 is 0 Å². The van der Waals surface area contributed by atoms with E-state index in [9.17, 15) is 14.7 Å². The number of methoxy groups -OCH3 is 1. The zero-order valence-electron chi connectivity index (χ0n) is 22.2. The van der Waals surface area contributed by atoms with Crippen LogP contribution in [0.5, 0.6) is 5.75 Å². The molecular weight excluding hydrogens is 498 g/mol. The molecule has 0 spiro atoms. The smallest absolute Gasteiger partial charge is 0.301 e. The number of hydrogen-bond acceptors (Lipinski definition) is 7. The van der Waals surface area contributed by atoms with Gasteiger partial charge in [0.05, 0.1) is 34.5 Å². The van der Waals surface area contributed by atoms with Gasteiger partial charge in [0.15, 0.2) is 5.13 Å². The quantitative estimate of drug-likeness (QED) is 0.197. The molecule has 1 aromatic heterocycles. The molecule has 0 bridgehead atoms. The van der Waals surface area contributed by atoms with Crippen LogP contribution in [0.3, 0.4) is 0 Å². The molecule has 1 unspecified atom stereocenters. The van der Waals surface area contributed by atoms with E-state index < -0.39 is 17.7 Å². The molecule has 194 valence electrons. The fraction of sp³-hybridized carbons (Fsp3) is 0.233. The number of thiazole rings is 1. The van der Waals surface area contributed by atoms with Crippen LogP contribution < -0.4 is 14.5 Å². The minimum atomic E-state index is -0.863. The summed E-state index contributed by atoms with van der Waals surface area (Å²) in [6, 6.07) is 16.3. The summed E-state index contributed by atoms with van der Waals surface area (Å²) in [5.74, 6) is -1.31. The van der Waals surface area contributed by atoms with Crippen molar-refractivity contribution in [2.45, 2.75) is 26.8 Å². The summed E-state index contributed by atoms with van der Waals surface area (Å²) in [5, 5.41) is 12.1. The topological polar surface area (TPSA) is 83.0 Å². The van der Waals surface area contributed by atoms with E-state index in [1.54, 1.807) is 6.07 Å². The molecule has 1 amide bonds. The normalized spacial score (nSPS) is 16.9. The van der Waals surface area contributed by atoms with Crippen LogP contribution in [-0.2, 0) is 9.59 Å². The average molecular weight is 528 g/mol. The van der Waals surface area contributed by atoms with Gasteiger partial charge in [0, 0.05) is 19.8 Å². The molecule has 8 heteroatoms. The Hall–Kier alpha value is -4.17. The van der Waals surface area contributed by atoms with Crippen molar-refractivity contribution in [3.8, 4) is 5.75 Å². The molecule has 3 aromatic carbocycles. The second-order valence-electron chi connectivity index (χ2n) is 9.79. The number of rotatable bonds is 5. The van der Waals surface area contributed by atoms with Crippen molar-refractivity contribution in [1.82, 2.24) is 4.98 Å². The van der Waals surface area contributed by atoms with Crippen molar-refractivity contribution < 1.29 is 19.4 Å². The third-order valence-electron chi connectivity index (χ3n) is 6.79. The number of benzene rings is 3. The van der Waals surface area contributed by atoms with Crippen LogP contribution >= 0.6 is 11.3 Å². The van der Waals surface area contributed by atoms with Gasteiger partial charge in [-0.25, -0.2) is 4.98 Å². The lowest BCUT2D eigenvalue weighted by Crippen LogP contribution is -2.29. The first-order valence-electron chi connectivity index (χ1n) is 12.2. The first-order chi connectivity index (χ1) is 18.1. The largest absolute Gasteiger partial charge is 0.507 e. The second-order valence-corrected chi connectivity index (χ2v) is 10.8. The number of anilines is 2. The Labute approximate surface area is 225 Å². The maximum absolute atomic E-state index is 13.6. The first-order valence-corrected chi connectivity index (χ1v) is 13.0. The molecule has 1 aliphatic heterocycles. The van der Waals surface area contributed by atoms with E-state index in [2.05, 4.69) is 0 Å². The lowest BCUT2D eigenvalue weighted by Gasteiger charge is -2.24. The minimum absolute atomic E-state index is 0.00587. The minimum Gasteiger partial charge on any atom is -0.507 e. The lowest BCUT2D eigenvalue weighted by atomic mass is 9.93. The van der Waals surface area contributed by atoms with Crippen LogP contribution in [-0.4, -0.2) is 43.0 Å². The zero-order valence-corrected chi connectivity index (χ0v) is 23.0. The number of amides is 1. The van der Waals surface area contributed by atoms with Crippen molar-refractivity contribution in [2.75, 3.05) is 31.0 Å². The molecule has 1 N–H and O–H groups in total. The number of aryl methyl sites for hydroxylation is 3. The highest BCUT2D eigenvalue weighted by molar-refractivity contribution is 7.22. The second kappa shape index (κ2) is 9.61.